The molecular formula is C20H27N3O2S. The lowest BCUT2D eigenvalue weighted by molar-refractivity contribution is 0.273. The first kappa shape index (κ1) is 18.9. The van der Waals surface area contributed by atoms with Crippen molar-refractivity contribution in [2.45, 2.75) is 44.0 Å². The molecule has 1 aliphatic heterocycles. The van der Waals surface area contributed by atoms with Crippen molar-refractivity contribution in [2.24, 2.45) is 0 Å². The van der Waals surface area contributed by atoms with Crippen LogP contribution >= 0.6 is 0 Å². The van der Waals surface area contributed by atoms with Crippen LogP contribution in [0.5, 0.6) is 0 Å². The summed E-state index contributed by atoms with van der Waals surface area (Å²) in [7, 11) is -3.72. The molecule has 1 aliphatic rings. The van der Waals surface area contributed by atoms with Crippen molar-refractivity contribution in [1.29, 1.82) is 0 Å². The molecule has 5 nitrogen and oxygen atoms in total. The van der Waals surface area contributed by atoms with Gasteiger partial charge in [0.25, 0.3) is 10.0 Å². The van der Waals surface area contributed by atoms with E-state index in [1.54, 1.807) is 34.9 Å². The number of likely N-dealkylation sites (tertiary alicyclic amines) is 1. The molecule has 0 saturated carbocycles. The quantitative estimate of drug-likeness (QED) is 0.778. The number of pyridine rings is 1. The fourth-order valence-electron chi connectivity index (χ4n) is 3.78. The smallest absolute Gasteiger partial charge is 0.265 e. The summed E-state index contributed by atoms with van der Waals surface area (Å²) in [5, 5.41) is 0. The van der Waals surface area contributed by atoms with Crippen LogP contribution in [0.3, 0.4) is 0 Å². The largest absolute Gasteiger partial charge is 0.301 e. The summed E-state index contributed by atoms with van der Waals surface area (Å²) >= 11 is 0. The van der Waals surface area contributed by atoms with Crippen LogP contribution in [0.15, 0.2) is 53.7 Å². The van der Waals surface area contributed by atoms with Crippen LogP contribution in [0.1, 0.15) is 32.3 Å². The van der Waals surface area contributed by atoms with E-state index in [-0.39, 0.29) is 0 Å². The minimum Gasteiger partial charge on any atom is -0.301 e. The molecule has 1 saturated heterocycles. The van der Waals surface area contributed by atoms with Gasteiger partial charge in [0.2, 0.25) is 0 Å². The van der Waals surface area contributed by atoms with Crippen molar-refractivity contribution in [1.82, 2.24) is 9.88 Å². The molecule has 1 aromatic heterocycles. The molecule has 26 heavy (non-hydrogen) atoms. The highest BCUT2D eigenvalue weighted by Gasteiger charge is 2.39. The second-order valence-corrected chi connectivity index (χ2v) is 9.30. The van der Waals surface area contributed by atoms with E-state index < -0.39 is 15.6 Å². The SMILES string of the molecule is Cc1ccccc1S(=O)(=O)N(c1cccnc1)C(C)(C)CN1CCCC1. The highest BCUT2D eigenvalue weighted by Crippen LogP contribution is 2.33. The van der Waals surface area contributed by atoms with Crippen molar-refractivity contribution in [2.75, 3.05) is 23.9 Å². The third-order valence-corrected chi connectivity index (χ3v) is 7.05. The maximum Gasteiger partial charge on any atom is 0.265 e. The van der Waals surface area contributed by atoms with Crippen molar-refractivity contribution in [3.63, 3.8) is 0 Å². The van der Waals surface area contributed by atoms with E-state index in [2.05, 4.69) is 9.88 Å². The molecule has 3 rings (SSSR count). The molecule has 0 amide bonds. The summed E-state index contributed by atoms with van der Waals surface area (Å²) in [4.78, 5) is 6.85. The van der Waals surface area contributed by atoms with E-state index in [1.807, 2.05) is 39.0 Å². The molecule has 0 aliphatic carbocycles. The number of hydrogen-bond donors (Lipinski definition) is 0. The van der Waals surface area contributed by atoms with Crippen LogP contribution < -0.4 is 4.31 Å². The Labute approximate surface area is 156 Å². The summed E-state index contributed by atoms with van der Waals surface area (Å²) in [6.07, 6.45) is 5.64. The van der Waals surface area contributed by atoms with Gasteiger partial charge >= 0.3 is 0 Å². The molecule has 0 radical (unpaired) electrons. The maximum atomic E-state index is 13.7. The molecule has 0 N–H and O–H groups in total. The van der Waals surface area contributed by atoms with Gasteiger partial charge in [0, 0.05) is 12.7 Å². The Morgan fingerprint density at radius 3 is 2.42 bits per heavy atom. The van der Waals surface area contributed by atoms with E-state index in [0.717, 1.165) is 18.7 Å². The van der Waals surface area contributed by atoms with E-state index in [0.29, 0.717) is 17.1 Å². The molecule has 0 unspecified atom stereocenters. The summed E-state index contributed by atoms with van der Waals surface area (Å²) < 4.78 is 28.9. The first-order valence-electron chi connectivity index (χ1n) is 9.06. The number of aryl methyl sites for hydroxylation is 1. The lowest BCUT2D eigenvalue weighted by atomic mass is 10.0. The Bertz CT molecular complexity index is 844. The monoisotopic (exact) mass is 373 g/mol. The predicted octanol–water partition coefficient (Wildman–Crippen LogP) is 3.46. The van der Waals surface area contributed by atoms with Crippen molar-refractivity contribution in [3.05, 3.63) is 54.4 Å². The van der Waals surface area contributed by atoms with Crippen LogP contribution in [0, 0.1) is 6.92 Å². The summed E-state index contributed by atoms with van der Waals surface area (Å²) in [5.41, 5.74) is 0.743. The zero-order valence-electron chi connectivity index (χ0n) is 15.7. The molecule has 0 bridgehead atoms. The number of sulfonamides is 1. The molecule has 2 heterocycles. The lowest BCUT2D eigenvalue weighted by Gasteiger charge is -2.41. The van der Waals surface area contributed by atoms with Gasteiger partial charge in [0.1, 0.15) is 0 Å². The fraction of sp³-hybridized carbons (Fsp3) is 0.450. The fourth-order valence-corrected chi connectivity index (χ4v) is 5.80. The Balaban J connectivity index is 2.08. The first-order valence-corrected chi connectivity index (χ1v) is 10.5. The average Bonchev–Trinajstić information content (AvgIpc) is 3.07. The standard InChI is InChI=1S/C20H27N3O2S/c1-17-9-4-5-11-19(17)26(24,25)23(18-10-8-12-21-15-18)20(2,3)16-22-13-6-7-14-22/h4-5,8-12,15H,6-7,13-14,16H2,1-3H3. The summed E-state index contributed by atoms with van der Waals surface area (Å²) in [5.74, 6) is 0. The highest BCUT2D eigenvalue weighted by molar-refractivity contribution is 7.93. The Kier molecular flexibility index (Phi) is 5.34. The van der Waals surface area contributed by atoms with Crippen LogP contribution in [-0.4, -0.2) is 43.5 Å². The lowest BCUT2D eigenvalue weighted by Crippen LogP contribution is -2.54. The van der Waals surface area contributed by atoms with Gasteiger partial charge in [-0.1, -0.05) is 18.2 Å². The average molecular weight is 374 g/mol. The van der Waals surface area contributed by atoms with Gasteiger partial charge in [-0.2, -0.15) is 0 Å². The minimum atomic E-state index is -3.72. The maximum absolute atomic E-state index is 13.7. The van der Waals surface area contributed by atoms with Gasteiger partial charge in [-0.3, -0.25) is 9.29 Å². The number of aromatic nitrogens is 1. The number of nitrogens with zero attached hydrogens (tertiary/aromatic N) is 3. The number of hydrogen-bond acceptors (Lipinski definition) is 4. The van der Waals surface area contributed by atoms with Gasteiger partial charge in [0.15, 0.2) is 0 Å². The second kappa shape index (κ2) is 7.37. The van der Waals surface area contributed by atoms with Gasteiger partial charge in [-0.05, 0) is 70.5 Å². The van der Waals surface area contributed by atoms with Crippen LogP contribution in [0.2, 0.25) is 0 Å². The summed E-state index contributed by atoms with van der Waals surface area (Å²) in [6, 6.07) is 10.7. The zero-order valence-corrected chi connectivity index (χ0v) is 16.5. The Morgan fingerprint density at radius 1 is 1.12 bits per heavy atom. The van der Waals surface area contributed by atoms with Crippen molar-refractivity contribution >= 4 is 15.7 Å². The van der Waals surface area contributed by atoms with E-state index in [1.165, 1.54) is 12.8 Å². The minimum absolute atomic E-state index is 0.346. The molecular weight excluding hydrogens is 346 g/mol. The molecule has 2 aromatic rings. The van der Waals surface area contributed by atoms with E-state index in [4.69, 9.17) is 0 Å². The molecule has 140 valence electrons. The van der Waals surface area contributed by atoms with Crippen LogP contribution in [-0.2, 0) is 10.0 Å². The second-order valence-electron chi connectivity index (χ2n) is 7.54. The molecule has 1 aromatic carbocycles. The first-order chi connectivity index (χ1) is 12.3. The topological polar surface area (TPSA) is 53.5 Å². The third-order valence-electron chi connectivity index (χ3n) is 4.85. The van der Waals surface area contributed by atoms with E-state index >= 15 is 0 Å². The van der Waals surface area contributed by atoms with Gasteiger partial charge in [-0.15, -0.1) is 0 Å². The number of anilines is 1. The summed E-state index contributed by atoms with van der Waals surface area (Å²) in [6.45, 7) is 8.56. The molecule has 1 fully saturated rings. The van der Waals surface area contributed by atoms with E-state index in [9.17, 15) is 8.42 Å². The highest BCUT2D eigenvalue weighted by atomic mass is 32.2. The van der Waals surface area contributed by atoms with Gasteiger partial charge < -0.3 is 4.90 Å². The molecule has 6 heteroatoms. The zero-order chi connectivity index (χ0) is 18.8. The third kappa shape index (κ3) is 3.76. The molecule has 0 atom stereocenters. The Hall–Kier alpha value is -1.92. The van der Waals surface area contributed by atoms with Gasteiger partial charge in [0.05, 0.1) is 22.3 Å². The van der Waals surface area contributed by atoms with Crippen LogP contribution in [0.25, 0.3) is 0 Å². The van der Waals surface area contributed by atoms with Gasteiger partial charge in [-0.25, -0.2) is 8.42 Å². The molecule has 0 spiro atoms. The normalized spacial score (nSPS) is 16.0. The van der Waals surface area contributed by atoms with Crippen molar-refractivity contribution < 1.29 is 8.42 Å². The number of benzene rings is 1. The predicted molar refractivity (Wildman–Crippen MR) is 105 cm³/mol. The van der Waals surface area contributed by atoms with Crippen LogP contribution in [0.4, 0.5) is 5.69 Å². The van der Waals surface area contributed by atoms with Crippen molar-refractivity contribution in [3.8, 4) is 0 Å². The Morgan fingerprint density at radius 2 is 1.81 bits per heavy atom. The number of rotatable bonds is 6.